The topological polar surface area (TPSA) is 44.7 Å². The van der Waals surface area contributed by atoms with E-state index in [9.17, 15) is 4.39 Å². The van der Waals surface area contributed by atoms with Crippen LogP contribution in [0.25, 0.3) is 0 Å². The molecule has 0 aliphatic carbocycles. The molecule has 108 valence electrons. The van der Waals surface area contributed by atoms with Crippen LogP contribution >= 0.6 is 0 Å². The van der Waals surface area contributed by atoms with Crippen LogP contribution in [0.4, 0.5) is 10.1 Å². The van der Waals surface area contributed by atoms with Gasteiger partial charge in [0.25, 0.3) is 0 Å². The largest absolute Gasteiger partial charge is 0.394 e. The summed E-state index contributed by atoms with van der Waals surface area (Å²) in [7, 11) is 3.42. The van der Waals surface area contributed by atoms with E-state index in [4.69, 9.17) is 9.84 Å². The lowest BCUT2D eigenvalue weighted by Crippen LogP contribution is -2.32. The monoisotopic (exact) mass is 270 g/mol. The number of halogens is 1. The van der Waals surface area contributed by atoms with Crippen LogP contribution < -0.4 is 10.2 Å². The van der Waals surface area contributed by atoms with Crippen LogP contribution in [-0.2, 0) is 11.3 Å². The Balaban J connectivity index is 2.63. The highest BCUT2D eigenvalue weighted by molar-refractivity contribution is 5.49. The Hall–Kier alpha value is -1.17. The smallest absolute Gasteiger partial charge is 0.146 e. The molecule has 0 aliphatic heterocycles. The van der Waals surface area contributed by atoms with Crippen LogP contribution in [0.15, 0.2) is 18.2 Å². The Morgan fingerprint density at radius 3 is 2.79 bits per heavy atom. The first-order chi connectivity index (χ1) is 9.10. The third-order valence-corrected chi connectivity index (χ3v) is 3.13. The fourth-order valence-corrected chi connectivity index (χ4v) is 1.71. The van der Waals surface area contributed by atoms with Gasteiger partial charge in [0.1, 0.15) is 5.82 Å². The molecular formula is C14H23FN2O2. The summed E-state index contributed by atoms with van der Waals surface area (Å²) in [4.78, 5) is 1.73. The number of anilines is 1. The van der Waals surface area contributed by atoms with Gasteiger partial charge in [0.15, 0.2) is 0 Å². The summed E-state index contributed by atoms with van der Waals surface area (Å²) < 4.78 is 18.9. The van der Waals surface area contributed by atoms with Crippen molar-refractivity contribution in [3.8, 4) is 0 Å². The minimum atomic E-state index is -0.270. The predicted molar refractivity (Wildman–Crippen MR) is 74.9 cm³/mol. The SMILES string of the molecule is COCCNCc1ccc(N(C)C(C)CO)c(F)c1. The van der Waals surface area contributed by atoms with Crippen molar-refractivity contribution in [1.82, 2.24) is 5.32 Å². The summed E-state index contributed by atoms with van der Waals surface area (Å²) in [5.41, 5.74) is 1.39. The van der Waals surface area contributed by atoms with Gasteiger partial charge >= 0.3 is 0 Å². The second-order valence-corrected chi connectivity index (χ2v) is 4.60. The van der Waals surface area contributed by atoms with Crippen LogP contribution in [-0.4, -0.2) is 45.1 Å². The Morgan fingerprint density at radius 2 is 2.21 bits per heavy atom. The number of likely N-dealkylation sites (N-methyl/N-ethyl adjacent to an activating group) is 1. The molecule has 1 rings (SSSR count). The summed E-state index contributed by atoms with van der Waals surface area (Å²) in [6, 6.07) is 5.05. The van der Waals surface area contributed by atoms with Gasteiger partial charge in [-0.3, -0.25) is 0 Å². The van der Waals surface area contributed by atoms with Crippen LogP contribution in [0.1, 0.15) is 12.5 Å². The first-order valence-electron chi connectivity index (χ1n) is 6.42. The van der Waals surface area contributed by atoms with E-state index in [0.29, 0.717) is 18.8 Å². The molecule has 2 N–H and O–H groups in total. The summed E-state index contributed by atoms with van der Waals surface area (Å²) in [6.45, 7) is 3.83. The van der Waals surface area contributed by atoms with Crippen molar-refractivity contribution in [2.75, 3.05) is 38.8 Å². The normalized spacial score (nSPS) is 12.5. The maximum atomic E-state index is 14.0. The van der Waals surface area contributed by atoms with E-state index in [1.165, 1.54) is 6.07 Å². The molecule has 1 aromatic rings. The van der Waals surface area contributed by atoms with E-state index in [-0.39, 0.29) is 18.5 Å². The Kier molecular flexibility index (Phi) is 6.77. The number of nitrogens with zero attached hydrogens (tertiary/aromatic N) is 1. The highest BCUT2D eigenvalue weighted by Gasteiger charge is 2.13. The van der Waals surface area contributed by atoms with Gasteiger partial charge in [-0.25, -0.2) is 4.39 Å². The van der Waals surface area contributed by atoms with Gasteiger partial charge in [-0.05, 0) is 24.6 Å². The van der Waals surface area contributed by atoms with E-state index < -0.39 is 0 Å². The number of aliphatic hydroxyl groups is 1. The number of benzene rings is 1. The van der Waals surface area contributed by atoms with Gasteiger partial charge in [0, 0.05) is 33.3 Å². The molecule has 1 aromatic carbocycles. The van der Waals surface area contributed by atoms with Crippen LogP contribution in [0.5, 0.6) is 0 Å². The van der Waals surface area contributed by atoms with E-state index in [0.717, 1.165) is 12.1 Å². The minimum Gasteiger partial charge on any atom is -0.394 e. The molecule has 0 aliphatic rings. The van der Waals surface area contributed by atoms with Crippen molar-refractivity contribution in [2.24, 2.45) is 0 Å². The summed E-state index contributed by atoms with van der Waals surface area (Å²) in [6.07, 6.45) is 0. The summed E-state index contributed by atoms with van der Waals surface area (Å²) in [5.74, 6) is -0.270. The molecule has 0 heterocycles. The molecule has 19 heavy (non-hydrogen) atoms. The number of hydrogen-bond donors (Lipinski definition) is 2. The molecule has 0 saturated carbocycles. The fourth-order valence-electron chi connectivity index (χ4n) is 1.71. The van der Waals surface area contributed by atoms with Crippen LogP contribution in [0, 0.1) is 5.82 Å². The molecule has 0 saturated heterocycles. The van der Waals surface area contributed by atoms with Gasteiger partial charge in [-0.2, -0.15) is 0 Å². The van der Waals surface area contributed by atoms with Crippen molar-refractivity contribution < 1.29 is 14.2 Å². The Morgan fingerprint density at radius 1 is 1.47 bits per heavy atom. The quantitative estimate of drug-likeness (QED) is 0.701. The lowest BCUT2D eigenvalue weighted by molar-refractivity contribution is 0.199. The fraction of sp³-hybridized carbons (Fsp3) is 0.571. The lowest BCUT2D eigenvalue weighted by Gasteiger charge is -2.26. The standard InChI is InChI=1S/C14H23FN2O2/c1-11(10-18)17(2)14-5-4-12(8-13(14)15)9-16-6-7-19-3/h4-5,8,11,16,18H,6-7,9-10H2,1-3H3. The average Bonchev–Trinajstić information content (AvgIpc) is 2.42. The Bertz CT molecular complexity index is 388. The maximum Gasteiger partial charge on any atom is 0.146 e. The molecule has 1 unspecified atom stereocenters. The first kappa shape index (κ1) is 15.9. The molecule has 0 amide bonds. The molecule has 0 aromatic heterocycles. The van der Waals surface area contributed by atoms with Crippen LogP contribution in [0.2, 0.25) is 0 Å². The van der Waals surface area contributed by atoms with E-state index in [2.05, 4.69) is 5.32 Å². The first-order valence-corrected chi connectivity index (χ1v) is 6.42. The van der Waals surface area contributed by atoms with Crippen molar-refractivity contribution in [2.45, 2.75) is 19.5 Å². The lowest BCUT2D eigenvalue weighted by atomic mass is 10.1. The predicted octanol–water partition coefficient (Wildman–Crippen LogP) is 1.38. The van der Waals surface area contributed by atoms with Crippen molar-refractivity contribution in [3.63, 3.8) is 0 Å². The second kappa shape index (κ2) is 8.09. The van der Waals surface area contributed by atoms with E-state index in [1.807, 2.05) is 13.0 Å². The van der Waals surface area contributed by atoms with Gasteiger partial charge in [-0.15, -0.1) is 0 Å². The molecule has 0 fully saturated rings. The number of methoxy groups -OCH3 is 1. The molecule has 1 atom stereocenters. The number of rotatable bonds is 8. The number of aliphatic hydroxyl groups excluding tert-OH is 1. The van der Waals surface area contributed by atoms with Gasteiger partial charge in [-0.1, -0.05) is 6.07 Å². The van der Waals surface area contributed by atoms with Crippen molar-refractivity contribution in [1.29, 1.82) is 0 Å². The van der Waals surface area contributed by atoms with Crippen molar-refractivity contribution in [3.05, 3.63) is 29.6 Å². The minimum absolute atomic E-state index is 0.00371. The number of nitrogens with one attached hydrogen (secondary N) is 1. The van der Waals surface area contributed by atoms with Gasteiger partial charge in [0.2, 0.25) is 0 Å². The van der Waals surface area contributed by atoms with Gasteiger partial charge < -0.3 is 20.1 Å². The molecular weight excluding hydrogens is 247 g/mol. The zero-order valence-corrected chi connectivity index (χ0v) is 11.8. The third-order valence-electron chi connectivity index (χ3n) is 3.13. The zero-order valence-electron chi connectivity index (χ0n) is 11.8. The molecule has 5 heteroatoms. The molecule has 4 nitrogen and oxygen atoms in total. The summed E-state index contributed by atoms with van der Waals surface area (Å²) in [5, 5.41) is 12.3. The Labute approximate surface area is 114 Å². The third kappa shape index (κ3) is 4.78. The van der Waals surface area contributed by atoms with Crippen molar-refractivity contribution >= 4 is 5.69 Å². The maximum absolute atomic E-state index is 14.0. The van der Waals surface area contributed by atoms with Gasteiger partial charge in [0.05, 0.1) is 18.9 Å². The average molecular weight is 270 g/mol. The highest BCUT2D eigenvalue weighted by atomic mass is 19.1. The highest BCUT2D eigenvalue weighted by Crippen LogP contribution is 2.21. The van der Waals surface area contributed by atoms with Crippen LogP contribution in [0.3, 0.4) is 0 Å². The van der Waals surface area contributed by atoms with E-state index >= 15 is 0 Å². The zero-order chi connectivity index (χ0) is 14.3. The molecule has 0 radical (unpaired) electrons. The molecule has 0 bridgehead atoms. The second-order valence-electron chi connectivity index (χ2n) is 4.60. The summed E-state index contributed by atoms with van der Waals surface area (Å²) >= 11 is 0. The van der Waals surface area contributed by atoms with E-state index in [1.54, 1.807) is 25.1 Å². The number of ether oxygens (including phenoxy) is 1. The molecule has 0 spiro atoms. The number of hydrogen-bond acceptors (Lipinski definition) is 4.